The molecular formula is C20H23ClFN3O2. The molecule has 5 nitrogen and oxygen atoms in total. The van der Waals surface area contributed by atoms with Crippen molar-refractivity contribution in [2.24, 2.45) is 5.73 Å². The highest BCUT2D eigenvalue weighted by Crippen LogP contribution is 2.21. The third-order valence-electron chi connectivity index (χ3n) is 4.68. The third kappa shape index (κ3) is 4.84. The molecule has 0 atom stereocenters. The molecule has 0 unspecified atom stereocenters. The van der Waals surface area contributed by atoms with Crippen LogP contribution in [0.2, 0.25) is 0 Å². The van der Waals surface area contributed by atoms with Gasteiger partial charge in [-0.05, 0) is 49.6 Å². The van der Waals surface area contributed by atoms with Crippen molar-refractivity contribution >= 4 is 29.9 Å². The van der Waals surface area contributed by atoms with Crippen LogP contribution in [0.1, 0.15) is 39.1 Å². The zero-order valence-electron chi connectivity index (χ0n) is 15.1. The molecule has 1 saturated heterocycles. The summed E-state index contributed by atoms with van der Waals surface area (Å²) in [5, 5.41) is 2.70. The van der Waals surface area contributed by atoms with Crippen LogP contribution in [0.5, 0.6) is 0 Å². The Balaban J connectivity index is 0.00000261. The summed E-state index contributed by atoms with van der Waals surface area (Å²) in [6.07, 6.45) is 1.57. The first-order chi connectivity index (χ1) is 12.5. The largest absolute Gasteiger partial charge is 0.339 e. The lowest BCUT2D eigenvalue weighted by Crippen LogP contribution is -2.42. The van der Waals surface area contributed by atoms with Crippen LogP contribution >= 0.6 is 12.4 Å². The van der Waals surface area contributed by atoms with Crippen molar-refractivity contribution < 1.29 is 14.0 Å². The molecule has 0 spiro atoms. The van der Waals surface area contributed by atoms with Gasteiger partial charge in [-0.15, -0.1) is 12.4 Å². The van der Waals surface area contributed by atoms with Crippen LogP contribution in [0, 0.1) is 12.7 Å². The summed E-state index contributed by atoms with van der Waals surface area (Å²) in [7, 11) is 0. The Bertz CT molecular complexity index is 836. The maximum Gasteiger partial charge on any atom is 0.258 e. The van der Waals surface area contributed by atoms with Crippen molar-refractivity contribution in [2.75, 3.05) is 18.4 Å². The highest BCUT2D eigenvalue weighted by molar-refractivity contribution is 6.05. The summed E-state index contributed by atoms with van der Waals surface area (Å²) in [6.45, 7) is 3.08. The highest BCUT2D eigenvalue weighted by Gasteiger charge is 2.22. The number of nitrogens with one attached hydrogen (secondary N) is 1. The molecule has 3 rings (SSSR count). The molecule has 0 aliphatic carbocycles. The maximum absolute atomic E-state index is 13.8. The van der Waals surface area contributed by atoms with E-state index in [2.05, 4.69) is 5.32 Å². The number of hydrogen-bond donors (Lipinski definition) is 2. The first-order valence-electron chi connectivity index (χ1n) is 8.67. The smallest absolute Gasteiger partial charge is 0.258 e. The Kier molecular flexibility index (Phi) is 6.93. The fraction of sp³-hybridized carbons (Fsp3) is 0.300. The van der Waals surface area contributed by atoms with E-state index in [0.29, 0.717) is 24.3 Å². The van der Waals surface area contributed by atoms with E-state index in [-0.39, 0.29) is 29.9 Å². The van der Waals surface area contributed by atoms with E-state index in [4.69, 9.17) is 5.73 Å². The molecule has 0 saturated carbocycles. The Morgan fingerprint density at radius 2 is 1.81 bits per heavy atom. The average molecular weight is 392 g/mol. The second-order valence-corrected chi connectivity index (χ2v) is 6.59. The van der Waals surface area contributed by atoms with Gasteiger partial charge in [-0.3, -0.25) is 9.59 Å². The van der Waals surface area contributed by atoms with Crippen LogP contribution < -0.4 is 11.1 Å². The monoisotopic (exact) mass is 391 g/mol. The maximum atomic E-state index is 13.8. The Hall–Kier alpha value is -2.44. The lowest BCUT2D eigenvalue weighted by Gasteiger charge is -2.30. The number of carbonyl (C=O) groups excluding carboxylic acids is 2. The Morgan fingerprint density at radius 3 is 2.48 bits per heavy atom. The van der Waals surface area contributed by atoms with Gasteiger partial charge >= 0.3 is 0 Å². The van der Waals surface area contributed by atoms with Gasteiger partial charge in [0.15, 0.2) is 0 Å². The molecule has 27 heavy (non-hydrogen) atoms. The minimum absolute atomic E-state index is 0. The van der Waals surface area contributed by atoms with Gasteiger partial charge in [0, 0.05) is 30.4 Å². The van der Waals surface area contributed by atoms with Crippen LogP contribution in [0.15, 0.2) is 42.5 Å². The topological polar surface area (TPSA) is 75.4 Å². The third-order valence-corrected chi connectivity index (χ3v) is 4.68. The van der Waals surface area contributed by atoms with E-state index in [1.165, 1.54) is 18.2 Å². The number of carbonyl (C=O) groups is 2. The normalized spacial score (nSPS) is 14.4. The fourth-order valence-corrected chi connectivity index (χ4v) is 3.01. The summed E-state index contributed by atoms with van der Waals surface area (Å²) < 4.78 is 13.8. The first-order valence-corrected chi connectivity index (χ1v) is 8.67. The quantitative estimate of drug-likeness (QED) is 0.842. The van der Waals surface area contributed by atoms with Crippen molar-refractivity contribution in [1.29, 1.82) is 0 Å². The van der Waals surface area contributed by atoms with Gasteiger partial charge in [0.25, 0.3) is 11.8 Å². The zero-order chi connectivity index (χ0) is 18.7. The lowest BCUT2D eigenvalue weighted by molar-refractivity contribution is 0.0714. The molecule has 3 N–H and O–H groups in total. The summed E-state index contributed by atoms with van der Waals surface area (Å²) in [5.41, 5.74) is 7.64. The molecule has 1 aliphatic heterocycles. The standard InChI is InChI=1S/C20H22FN3O2.ClH/c1-13-6-7-14(20(26)24-10-8-15(22)9-11-24)12-18(13)23-19(25)16-4-2-3-5-17(16)21;/h2-7,12,15H,8-11,22H2,1H3,(H,23,25);1H. The van der Waals surface area contributed by atoms with Gasteiger partial charge in [0.05, 0.1) is 5.56 Å². The number of benzene rings is 2. The number of rotatable bonds is 3. The Morgan fingerprint density at radius 1 is 1.15 bits per heavy atom. The molecular weight excluding hydrogens is 369 g/mol. The van der Waals surface area contributed by atoms with Crippen LogP contribution in [0.25, 0.3) is 0 Å². The number of halogens is 2. The van der Waals surface area contributed by atoms with E-state index in [1.54, 1.807) is 29.2 Å². The molecule has 1 heterocycles. The van der Waals surface area contributed by atoms with Crippen molar-refractivity contribution in [3.8, 4) is 0 Å². The van der Waals surface area contributed by atoms with Crippen molar-refractivity contribution in [1.82, 2.24) is 4.90 Å². The van der Waals surface area contributed by atoms with Crippen LogP contribution in [0.3, 0.4) is 0 Å². The molecule has 2 aromatic rings. The second-order valence-electron chi connectivity index (χ2n) is 6.59. The SMILES string of the molecule is Cc1ccc(C(=O)N2CCC(N)CC2)cc1NC(=O)c1ccccc1F.Cl. The van der Waals surface area contributed by atoms with E-state index in [0.717, 1.165) is 18.4 Å². The van der Waals surface area contributed by atoms with Gasteiger partial charge in [0.2, 0.25) is 0 Å². The lowest BCUT2D eigenvalue weighted by atomic mass is 10.0. The molecule has 0 radical (unpaired) electrons. The number of nitrogens with two attached hydrogens (primary N) is 1. The highest BCUT2D eigenvalue weighted by atomic mass is 35.5. The minimum atomic E-state index is -0.584. The number of hydrogen-bond acceptors (Lipinski definition) is 3. The molecule has 7 heteroatoms. The minimum Gasteiger partial charge on any atom is -0.339 e. The van der Waals surface area contributed by atoms with Crippen LogP contribution in [-0.4, -0.2) is 35.8 Å². The number of amides is 2. The summed E-state index contributed by atoms with van der Waals surface area (Å²) in [6, 6.07) is 11.1. The van der Waals surface area contributed by atoms with Crippen LogP contribution in [-0.2, 0) is 0 Å². The number of piperidine rings is 1. The van der Waals surface area contributed by atoms with Crippen molar-refractivity contribution in [2.45, 2.75) is 25.8 Å². The molecule has 0 bridgehead atoms. The van der Waals surface area contributed by atoms with Crippen LogP contribution in [0.4, 0.5) is 10.1 Å². The number of aryl methyl sites for hydroxylation is 1. The van der Waals surface area contributed by atoms with Crippen molar-refractivity contribution in [3.63, 3.8) is 0 Å². The van der Waals surface area contributed by atoms with Gasteiger partial charge in [0.1, 0.15) is 5.82 Å². The second kappa shape index (κ2) is 8.97. The summed E-state index contributed by atoms with van der Waals surface area (Å²) in [5.74, 6) is -1.21. The van der Waals surface area contributed by atoms with Crippen molar-refractivity contribution in [3.05, 3.63) is 65.0 Å². The average Bonchev–Trinajstić information content (AvgIpc) is 2.64. The molecule has 1 fully saturated rings. The molecule has 1 aliphatic rings. The van der Waals surface area contributed by atoms with Gasteiger partial charge in [-0.25, -0.2) is 4.39 Å². The van der Waals surface area contributed by atoms with E-state index in [9.17, 15) is 14.0 Å². The predicted molar refractivity (Wildman–Crippen MR) is 106 cm³/mol. The van der Waals surface area contributed by atoms with E-state index < -0.39 is 11.7 Å². The molecule has 144 valence electrons. The molecule has 0 aromatic heterocycles. The van der Waals surface area contributed by atoms with E-state index >= 15 is 0 Å². The number of nitrogens with zero attached hydrogens (tertiary/aromatic N) is 1. The summed E-state index contributed by atoms with van der Waals surface area (Å²) in [4.78, 5) is 26.8. The predicted octanol–water partition coefficient (Wildman–Crippen LogP) is 3.37. The van der Waals surface area contributed by atoms with Gasteiger partial charge in [-0.1, -0.05) is 18.2 Å². The van der Waals surface area contributed by atoms with E-state index in [1.807, 2.05) is 6.92 Å². The first kappa shape index (κ1) is 20.9. The number of anilines is 1. The summed E-state index contributed by atoms with van der Waals surface area (Å²) >= 11 is 0. The molecule has 2 amide bonds. The van der Waals surface area contributed by atoms with Gasteiger partial charge in [-0.2, -0.15) is 0 Å². The Labute approximate surface area is 164 Å². The zero-order valence-corrected chi connectivity index (χ0v) is 15.9. The van der Waals surface area contributed by atoms with Gasteiger partial charge < -0.3 is 16.0 Å². The molecule has 2 aromatic carbocycles. The fourth-order valence-electron chi connectivity index (χ4n) is 3.01. The number of likely N-dealkylation sites (tertiary alicyclic amines) is 1.